The van der Waals surface area contributed by atoms with E-state index in [0.717, 1.165) is 11.1 Å². The highest BCUT2D eigenvalue weighted by molar-refractivity contribution is 6.03. The second kappa shape index (κ2) is 5.17. The molecule has 0 saturated carbocycles. The minimum atomic E-state index is -1.07. The van der Waals surface area contributed by atoms with Crippen molar-refractivity contribution in [1.29, 1.82) is 0 Å². The van der Waals surface area contributed by atoms with Gasteiger partial charge < -0.3 is 10.2 Å². The smallest absolute Gasteiger partial charge is 0.336 e. The lowest BCUT2D eigenvalue weighted by Gasteiger charge is -2.15. The van der Waals surface area contributed by atoms with Crippen LogP contribution in [0.2, 0.25) is 0 Å². The molecule has 2 N–H and O–H groups in total. The largest absolute Gasteiger partial charge is 0.478 e. The van der Waals surface area contributed by atoms with Crippen molar-refractivity contribution in [2.45, 2.75) is 13.8 Å². The summed E-state index contributed by atoms with van der Waals surface area (Å²) in [5, 5.41) is 18.6. The van der Waals surface area contributed by atoms with Gasteiger partial charge in [-0.3, -0.25) is 0 Å². The molecule has 0 aromatic heterocycles. The topological polar surface area (TPSA) is 74.6 Å². The fourth-order valence-electron chi connectivity index (χ4n) is 2.36. The highest BCUT2D eigenvalue weighted by Crippen LogP contribution is 2.33. The Morgan fingerprint density at radius 1 is 0.750 bits per heavy atom. The van der Waals surface area contributed by atoms with Crippen molar-refractivity contribution < 1.29 is 19.8 Å². The molecular formula is C16H14O4. The molecule has 0 aliphatic rings. The minimum Gasteiger partial charge on any atom is -0.478 e. The number of benzene rings is 2. The third-order valence-corrected chi connectivity index (χ3v) is 3.26. The van der Waals surface area contributed by atoms with Crippen molar-refractivity contribution in [3.8, 4) is 11.1 Å². The first-order valence-electron chi connectivity index (χ1n) is 6.09. The van der Waals surface area contributed by atoms with Gasteiger partial charge in [0.05, 0.1) is 11.1 Å². The van der Waals surface area contributed by atoms with Gasteiger partial charge in [-0.15, -0.1) is 0 Å². The van der Waals surface area contributed by atoms with Crippen molar-refractivity contribution in [3.05, 3.63) is 58.7 Å². The maximum absolute atomic E-state index is 11.4. The third kappa shape index (κ3) is 2.28. The van der Waals surface area contributed by atoms with Crippen LogP contribution < -0.4 is 0 Å². The predicted octanol–water partition coefficient (Wildman–Crippen LogP) is 3.37. The molecule has 0 unspecified atom stereocenters. The van der Waals surface area contributed by atoms with Gasteiger partial charge in [-0.2, -0.15) is 0 Å². The normalized spacial score (nSPS) is 10.3. The number of carboxylic acid groups (broad SMARTS) is 2. The van der Waals surface area contributed by atoms with E-state index in [9.17, 15) is 19.8 Å². The molecule has 0 amide bonds. The molecule has 102 valence electrons. The van der Waals surface area contributed by atoms with Crippen LogP contribution in [0, 0.1) is 13.8 Å². The monoisotopic (exact) mass is 270 g/mol. The van der Waals surface area contributed by atoms with Crippen LogP contribution >= 0.6 is 0 Å². The molecule has 0 saturated heterocycles. The lowest BCUT2D eigenvalue weighted by atomic mass is 9.88. The van der Waals surface area contributed by atoms with E-state index in [0.29, 0.717) is 11.1 Å². The summed E-state index contributed by atoms with van der Waals surface area (Å²) in [5.41, 5.74) is 2.64. The van der Waals surface area contributed by atoms with Gasteiger partial charge in [0.2, 0.25) is 0 Å². The summed E-state index contributed by atoms with van der Waals surface area (Å²) < 4.78 is 0. The number of carbonyl (C=O) groups is 2. The molecule has 2 rings (SSSR count). The van der Waals surface area contributed by atoms with Crippen molar-refractivity contribution in [2.24, 2.45) is 0 Å². The molecule has 4 heteroatoms. The lowest BCUT2D eigenvalue weighted by molar-refractivity contribution is 0.0684. The quantitative estimate of drug-likeness (QED) is 0.896. The average Bonchev–Trinajstić information content (AvgIpc) is 2.38. The van der Waals surface area contributed by atoms with Gasteiger partial charge in [0.15, 0.2) is 0 Å². The standard InChI is InChI=1S/C16H14O4/c1-9-5-3-7-11(15(17)18)13(9)14-10(2)6-4-8-12(14)16(19)20/h3-8H,1-2H3,(H,17,18)(H,19,20). The Hall–Kier alpha value is -2.62. The second-order valence-corrected chi connectivity index (χ2v) is 4.61. The van der Waals surface area contributed by atoms with E-state index in [1.54, 1.807) is 38.1 Å². The molecule has 2 aromatic carbocycles. The minimum absolute atomic E-state index is 0.113. The van der Waals surface area contributed by atoms with Gasteiger partial charge in [0.1, 0.15) is 0 Å². The molecule has 20 heavy (non-hydrogen) atoms. The van der Waals surface area contributed by atoms with Gasteiger partial charge in [-0.1, -0.05) is 24.3 Å². The maximum atomic E-state index is 11.4. The molecule has 0 spiro atoms. The Morgan fingerprint density at radius 3 is 1.40 bits per heavy atom. The van der Waals surface area contributed by atoms with E-state index in [1.807, 2.05) is 0 Å². The number of aryl methyl sites for hydroxylation is 2. The number of carboxylic acids is 2. The van der Waals surface area contributed by atoms with Gasteiger partial charge in [-0.25, -0.2) is 9.59 Å². The van der Waals surface area contributed by atoms with Gasteiger partial charge in [0.25, 0.3) is 0 Å². The first-order valence-corrected chi connectivity index (χ1v) is 6.09. The number of aromatic carboxylic acids is 2. The SMILES string of the molecule is Cc1cccc(C(=O)O)c1-c1c(C)cccc1C(=O)O. The summed E-state index contributed by atoms with van der Waals surface area (Å²) in [6.45, 7) is 3.56. The van der Waals surface area contributed by atoms with Gasteiger partial charge in [0, 0.05) is 11.1 Å². The zero-order valence-electron chi connectivity index (χ0n) is 11.2. The van der Waals surface area contributed by atoms with Crippen molar-refractivity contribution >= 4 is 11.9 Å². The zero-order chi connectivity index (χ0) is 14.9. The molecule has 2 aromatic rings. The first kappa shape index (κ1) is 13.8. The van der Waals surface area contributed by atoms with Crippen molar-refractivity contribution in [3.63, 3.8) is 0 Å². The molecule has 0 bridgehead atoms. The van der Waals surface area contributed by atoms with Crippen molar-refractivity contribution in [2.75, 3.05) is 0 Å². The maximum Gasteiger partial charge on any atom is 0.336 e. The number of rotatable bonds is 3. The van der Waals surface area contributed by atoms with Crippen molar-refractivity contribution in [1.82, 2.24) is 0 Å². The Balaban J connectivity index is 2.88. The van der Waals surface area contributed by atoms with E-state index < -0.39 is 11.9 Å². The fraction of sp³-hybridized carbons (Fsp3) is 0.125. The molecule has 4 nitrogen and oxygen atoms in total. The third-order valence-electron chi connectivity index (χ3n) is 3.26. The van der Waals surface area contributed by atoms with Crippen LogP contribution in [0.1, 0.15) is 31.8 Å². The van der Waals surface area contributed by atoms with E-state index >= 15 is 0 Å². The van der Waals surface area contributed by atoms with Crippen LogP contribution in [-0.2, 0) is 0 Å². The number of hydrogen-bond acceptors (Lipinski definition) is 2. The second-order valence-electron chi connectivity index (χ2n) is 4.61. The molecule has 0 atom stereocenters. The predicted molar refractivity (Wildman–Crippen MR) is 75.3 cm³/mol. The molecular weight excluding hydrogens is 256 g/mol. The summed E-state index contributed by atoms with van der Waals surface area (Å²) in [6.07, 6.45) is 0. The molecule has 0 fully saturated rings. The summed E-state index contributed by atoms with van der Waals surface area (Å²) in [4.78, 5) is 22.8. The first-order chi connectivity index (χ1) is 9.43. The zero-order valence-corrected chi connectivity index (χ0v) is 11.2. The van der Waals surface area contributed by atoms with Crippen LogP contribution in [0.25, 0.3) is 11.1 Å². The van der Waals surface area contributed by atoms with Crippen LogP contribution in [0.3, 0.4) is 0 Å². The molecule has 0 heterocycles. The Kier molecular flexibility index (Phi) is 3.57. The van der Waals surface area contributed by atoms with Gasteiger partial charge >= 0.3 is 11.9 Å². The van der Waals surface area contributed by atoms with Crippen LogP contribution in [0.5, 0.6) is 0 Å². The van der Waals surface area contributed by atoms with Gasteiger partial charge in [-0.05, 0) is 37.1 Å². The summed E-state index contributed by atoms with van der Waals surface area (Å²) in [6, 6.07) is 9.84. The van der Waals surface area contributed by atoms with E-state index in [-0.39, 0.29) is 11.1 Å². The molecule has 0 aliphatic heterocycles. The summed E-state index contributed by atoms with van der Waals surface area (Å²) in [7, 11) is 0. The Labute approximate surface area is 116 Å². The van der Waals surface area contributed by atoms with Crippen LogP contribution in [0.15, 0.2) is 36.4 Å². The Morgan fingerprint density at radius 2 is 1.10 bits per heavy atom. The van der Waals surface area contributed by atoms with Crippen LogP contribution in [0.4, 0.5) is 0 Å². The average molecular weight is 270 g/mol. The molecule has 0 aliphatic carbocycles. The number of hydrogen-bond donors (Lipinski definition) is 2. The Bertz CT molecular complexity index is 640. The van der Waals surface area contributed by atoms with Crippen LogP contribution in [-0.4, -0.2) is 22.2 Å². The summed E-state index contributed by atoms with van der Waals surface area (Å²) >= 11 is 0. The highest BCUT2D eigenvalue weighted by atomic mass is 16.4. The lowest BCUT2D eigenvalue weighted by Crippen LogP contribution is -2.07. The van der Waals surface area contributed by atoms with E-state index in [2.05, 4.69) is 0 Å². The highest BCUT2D eigenvalue weighted by Gasteiger charge is 2.20. The fourth-order valence-corrected chi connectivity index (χ4v) is 2.36. The summed E-state index contributed by atoms with van der Waals surface area (Å²) in [5.74, 6) is -2.13. The molecule has 0 radical (unpaired) electrons. The van der Waals surface area contributed by atoms with E-state index in [4.69, 9.17) is 0 Å². The van der Waals surface area contributed by atoms with E-state index in [1.165, 1.54) is 12.1 Å².